The third-order valence-corrected chi connectivity index (χ3v) is 5.43. The maximum absolute atomic E-state index is 5.77. The summed E-state index contributed by atoms with van der Waals surface area (Å²) in [6, 6.07) is 9.68. The summed E-state index contributed by atoms with van der Waals surface area (Å²) in [6.07, 6.45) is 1.71. The lowest BCUT2D eigenvalue weighted by Gasteiger charge is -2.17. The van der Waals surface area contributed by atoms with Gasteiger partial charge in [0, 0.05) is 11.8 Å². The molecule has 0 aliphatic heterocycles. The first kappa shape index (κ1) is 20.5. The summed E-state index contributed by atoms with van der Waals surface area (Å²) in [7, 11) is 6.47. The van der Waals surface area contributed by atoms with Crippen LogP contribution in [0.1, 0.15) is 16.7 Å². The van der Waals surface area contributed by atoms with E-state index in [2.05, 4.69) is 40.9 Å². The Labute approximate surface area is 180 Å². The van der Waals surface area contributed by atoms with Crippen molar-refractivity contribution >= 4 is 34.0 Å². The monoisotopic (exact) mass is 419 g/mol. The van der Waals surface area contributed by atoms with E-state index in [1.54, 1.807) is 34.7 Å². The zero-order valence-electron chi connectivity index (χ0n) is 18.5. The van der Waals surface area contributed by atoms with E-state index in [0.29, 0.717) is 28.9 Å². The minimum Gasteiger partial charge on any atom is -0.496 e. The number of aliphatic imine (C=N–C) groups is 1. The average molecular weight is 419 g/mol. The second-order valence-electron chi connectivity index (χ2n) is 7.19. The molecular formula is C24H25N3O4. The Morgan fingerprint density at radius 1 is 0.806 bits per heavy atom. The molecule has 7 nitrogen and oxygen atoms in total. The molecule has 0 atom stereocenters. The van der Waals surface area contributed by atoms with Crippen molar-refractivity contribution in [3.63, 3.8) is 0 Å². The molecule has 1 heterocycles. The second kappa shape index (κ2) is 8.18. The zero-order chi connectivity index (χ0) is 22.1. The van der Waals surface area contributed by atoms with Crippen LogP contribution in [0.5, 0.6) is 23.0 Å². The van der Waals surface area contributed by atoms with Gasteiger partial charge in [-0.3, -0.25) is 0 Å². The highest BCUT2D eigenvalue weighted by atomic mass is 16.5. The SMILES string of the molecule is COc1ccc(OC)c2c(OC)c(/C=N/c3nc4cc(C)c(C)cc4[nH]3)cc(OC)c12. The van der Waals surface area contributed by atoms with E-state index < -0.39 is 0 Å². The van der Waals surface area contributed by atoms with Crippen LogP contribution in [-0.4, -0.2) is 44.6 Å². The van der Waals surface area contributed by atoms with Crippen molar-refractivity contribution in [2.75, 3.05) is 28.4 Å². The van der Waals surface area contributed by atoms with Gasteiger partial charge in [0.2, 0.25) is 5.95 Å². The molecule has 1 aromatic heterocycles. The molecule has 0 aliphatic carbocycles. The van der Waals surface area contributed by atoms with E-state index in [9.17, 15) is 0 Å². The van der Waals surface area contributed by atoms with Crippen LogP contribution in [0.2, 0.25) is 0 Å². The lowest BCUT2D eigenvalue weighted by Crippen LogP contribution is -1.99. The topological polar surface area (TPSA) is 78.0 Å². The average Bonchev–Trinajstić information content (AvgIpc) is 3.17. The van der Waals surface area contributed by atoms with Crippen molar-refractivity contribution in [1.82, 2.24) is 9.97 Å². The Balaban J connectivity index is 1.89. The fourth-order valence-electron chi connectivity index (χ4n) is 3.72. The first-order valence-electron chi connectivity index (χ1n) is 9.81. The summed E-state index contributed by atoms with van der Waals surface area (Å²) in [5.74, 6) is 3.06. The number of rotatable bonds is 6. The largest absolute Gasteiger partial charge is 0.496 e. The highest BCUT2D eigenvalue weighted by Gasteiger charge is 2.20. The van der Waals surface area contributed by atoms with Gasteiger partial charge >= 0.3 is 0 Å². The smallest absolute Gasteiger partial charge is 0.227 e. The van der Waals surface area contributed by atoms with Crippen LogP contribution in [0.15, 0.2) is 35.3 Å². The number of imidazole rings is 1. The normalized spacial score (nSPS) is 11.4. The van der Waals surface area contributed by atoms with Crippen molar-refractivity contribution < 1.29 is 18.9 Å². The summed E-state index contributed by atoms with van der Waals surface area (Å²) in [5.41, 5.74) is 4.95. The fourth-order valence-corrected chi connectivity index (χ4v) is 3.72. The molecule has 0 unspecified atom stereocenters. The number of methoxy groups -OCH3 is 4. The molecule has 0 fully saturated rings. The highest BCUT2D eigenvalue weighted by Crippen LogP contribution is 2.45. The van der Waals surface area contributed by atoms with Crippen molar-refractivity contribution in [3.8, 4) is 23.0 Å². The third-order valence-electron chi connectivity index (χ3n) is 5.43. The summed E-state index contributed by atoms with van der Waals surface area (Å²) >= 11 is 0. The summed E-state index contributed by atoms with van der Waals surface area (Å²) in [4.78, 5) is 12.4. The number of aromatic amines is 1. The second-order valence-corrected chi connectivity index (χ2v) is 7.19. The van der Waals surface area contributed by atoms with Gasteiger partial charge in [-0.1, -0.05) is 0 Å². The maximum atomic E-state index is 5.77. The minimum absolute atomic E-state index is 0.513. The third kappa shape index (κ3) is 3.52. The van der Waals surface area contributed by atoms with Crippen LogP contribution in [0.25, 0.3) is 21.8 Å². The molecule has 0 radical (unpaired) electrons. The molecule has 0 amide bonds. The van der Waals surface area contributed by atoms with E-state index in [1.165, 1.54) is 11.1 Å². The number of aryl methyl sites for hydroxylation is 2. The number of nitrogens with one attached hydrogen (secondary N) is 1. The number of ether oxygens (including phenoxy) is 4. The van der Waals surface area contributed by atoms with Crippen LogP contribution in [0, 0.1) is 13.8 Å². The quantitative estimate of drug-likeness (QED) is 0.439. The molecule has 0 spiro atoms. The standard InChI is InChI=1S/C24H25N3O4/c1-13-9-16-17(10-14(13)2)27-24(26-16)25-12-15-11-20(30-5)21-18(28-3)7-8-19(29-4)22(21)23(15)31-6/h7-12H,1-6H3,(H,26,27)/b25-12+. The molecule has 0 bridgehead atoms. The van der Waals surface area contributed by atoms with Gasteiger partial charge in [0.05, 0.1) is 50.2 Å². The van der Waals surface area contributed by atoms with Crippen molar-refractivity contribution in [2.45, 2.75) is 13.8 Å². The molecule has 1 N–H and O–H groups in total. The van der Waals surface area contributed by atoms with Crippen molar-refractivity contribution in [2.24, 2.45) is 4.99 Å². The molecule has 0 aliphatic rings. The van der Waals surface area contributed by atoms with Crippen LogP contribution in [0.3, 0.4) is 0 Å². The Morgan fingerprint density at radius 3 is 2.10 bits per heavy atom. The van der Waals surface area contributed by atoms with E-state index in [-0.39, 0.29) is 0 Å². The van der Waals surface area contributed by atoms with E-state index in [1.807, 2.05) is 18.2 Å². The van der Waals surface area contributed by atoms with Gasteiger partial charge < -0.3 is 23.9 Å². The number of fused-ring (bicyclic) bond motifs is 2. The van der Waals surface area contributed by atoms with Gasteiger partial charge in [-0.15, -0.1) is 0 Å². The van der Waals surface area contributed by atoms with Crippen LogP contribution in [0.4, 0.5) is 5.95 Å². The van der Waals surface area contributed by atoms with Crippen LogP contribution >= 0.6 is 0 Å². The summed E-state index contributed by atoms with van der Waals surface area (Å²) in [5, 5.41) is 1.52. The van der Waals surface area contributed by atoms with Crippen LogP contribution < -0.4 is 18.9 Å². The van der Waals surface area contributed by atoms with E-state index in [0.717, 1.165) is 27.4 Å². The van der Waals surface area contributed by atoms with Gasteiger partial charge in [-0.2, -0.15) is 0 Å². The van der Waals surface area contributed by atoms with Crippen LogP contribution in [-0.2, 0) is 0 Å². The maximum Gasteiger partial charge on any atom is 0.227 e. The minimum atomic E-state index is 0.513. The van der Waals surface area contributed by atoms with Gasteiger partial charge in [0.1, 0.15) is 23.0 Å². The molecule has 3 aromatic carbocycles. The molecule has 7 heteroatoms. The fraction of sp³-hybridized carbons (Fsp3) is 0.250. The summed E-state index contributed by atoms with van der Waals surface area (Å²) < 4.78 is 22.6. The van der Waals surface area contributed by atoms with E-state index in [4.69, 9.17) is 18.9 Å². The van der Waals surface area contributed by atoms with Gasteiger partial charge in [0.25, 0.3) is 0 Å². The number of hydrogen-bond acceptors (Lipinski definition) is 6. The molecule has 4 aromatic rings. The van der Waals surface area contributed by atoms with Gasteiger partial charge in [-0.05, 0) is 55.3 Å². The molecule has 0 saturated heterocycles. The Hall–Kier alpha value is -3.74. The molecule has 160 valence electrons. The van der Waals surface area contributed by atoms with Crippen molar-refractivity contribution in [1.29, 1.82) is 0 Å². The lowest BCUT2D eigenvalue weighted by molar-refractivity contribution is 0.392. The number of nitrogens with zero attached hydrogens (tertiary/aromatic N) is 2. The molecule has 4 rings (SSSR count). The predicted molar refractivity (Wildman–Crippen MR) is 123 cm³/mol. The first-order valence-corrected chi connectivity index (χ1v) is 9.81. The number of benzene rings is 3. The molecule has 31 heavy (non-hydrogen) atoms. The summed E-state index contributed by atoms with van der Waals surface area (Å²) in [6.45, 7) is 4.15. The Bertz CT molecular complexity index is 1270. The number of H-pyrrole nitrogens is 1. The highest BCUT2D eigenvalue weighted by molar-refractivity contribution is 6.07. The van der Waals surface area contributed by atoms with Gasteiger partial charge in [0.15, 0.2) is 0 Å². The molecular weight excluding hydrogens is 394 g/mol. The Kier molecular flexibility index (Phi) is 5.42. The van der Waals surface area contributed by atoms with Gasteiger partial charge in [-0.25, -0.2) is 9.98 Å². The number of aromatic nitrogens is 2. The van der Waals surface area contributed by atoms with Crippen molar-refractivity contribution in [3.05, 3.63) is 47.0 Å². The van der Waals surface area contributed by atoms with E-state index >= 15 is 0 Å². The first-order chi connectivity index (χ1) is 15.0. The zero-order valence-corrected chi connectivity index (χ0v) is 18.5. The Morgan fingerprint density at radius 2 is 1.45 bits per heavy atom. The predicted octanol–water partition coefficient (Wildman–Crippen LogP) is 5.12. The molecule has 0 saturated carbocycles. The lowest BCUT2D eigenvalue weighted by atomic mass is 10.0. The number of hydrogen-bond donors (Lipinski definition) is 1.